The van der Waals surface area contributed by atoms with Gasteiger partial charge in [0.25, 0.3) is 0 Å². The van der Waals surface area contributed by atoms with Crippen LogP contribution >= 0.6 is 0 Å². The van der Waals surface area contributed by atoms with Crippen molar-refractivity contribution in [2.45, 2.75) is 40.0 Å². The molecule has 306 valence electrons. The molecule has 0 bridgehead atoms. The highest BCUT2D eigenvalue weighted by Gasteiger charge is 2.34. The van der Waals surface area contributed by atoms with Crippen LogP contribution in [0.15, 0.2) is 140 Å². The van der Waals surface area contributed by atoms with Gasteiger partial charge in [0.05, 0.1) is 44.6 Å². The van der Waals surface area contributed by atoms with Crippen molar-refractivity contribution in [1.82, 2.24) is 24.1 Å². The molecule has 10 aromatic rings. The molecule has 0 aliphatic carbocycles. The van der Waals surface area contributed by atoms with Gasteiger partial charge in [0, 0.05) is 38.2 Å². The lowest BCUT2D eigenvalue weighted by atomic mass is 10.0. The third kappa shape index (κ3) is 6.55. The van der Waals surface area contributed by atoms with E-state index in [1.165, 1.54) is 12.1 Å². The van der Waals surface area contributed by atoms with Gasteiger partial charge in [-0.25, -0.2) is 15.0 Å². The number of rotatable bonds is 5. The van der Waals surface area contributed by atoms with Gasteiger partial charge < -0.3 is 9.13 Å². The smallest absolute Gasteiger partial charge is 0.308 e. The molecule has 0 fully saturated rings. The van der Waals surface area contributed by atoms with E-state index in [1.54, 1.807) is 30.3 Å². The van der Waals surface area contributed by atoms with Gasteiger partial charge >= 0.3 is 12.4 Å². The summed E-state index contributed by atoms with van der Waals surface area (Å²) in [5.41, 5.74) is 6.09. The summed E-state index contributed by atoms with van der Waals surface area (Å²) in [7, 11) is 0. The van der Waals surface area contributed by atoms with Crippen LogP contribution in [0.2, 0.25) is 0 Å². The van der Waals surface area contributed by atoms with E-state index in [2.05, 4.69) is 0 Å². The van der Waals surface area contributed by atoms with E-state index < -0.39 is 23.5 Å². The number of nitrogens with zero attached hydrogens (tertiary/aromatic N) is 5. The van der Waals surface area contributed by atoms with Gasteiger partial charge in [-0.15, -0.1) is 0 Å². The maximum Gasteiger partial charge on any atom is 0.416 e. The van der Waals surface area contributed by atoms with E-state index in [1.807, 2.05) is 110 Å². The highest BCUT2D eigenvalue weighted by Crippen LogP contribution is 2.43. The summed E-state index contributed by atoms with van der Waals surface area (Å²) in [6.45, 7) is 7.77. The second kappa shape index (κ2) is 14.2. The predicted molar refractivity (Wildman–Crippen MR) is 234 cm³/mol. The number of aromatic nitrogens is 5. The first-order chi connectivity index (χ1) is 29.6. The van der Waals surface area contributed by atoms with Crippen molar-refractivity contribution in [2.75, 3.05) is 0 Å². The molecular weight excluding hydrogens is 797 g/mol. The minimum Gasteiger partial charge on any atom is -0.308 e. The van der Waals surface area contributed by atoms with Gasteiger partial charge in [-0.1, -0.05) is 78.9 Å². The van der Waals surface area contributed by atoms with Gasteiger partial charge in [-0.05, 0) is 111 Å². The van der Waals surface area contributed by atoms with Crippen molar-refractivity contribution >= 4 is 43.6 Å². The molecule has 11 heteroatoms. The van der Waals surface area contributed by atoms with Gasteiger partial charge in [-0.3, -0.25) is 0 Å². The summed E-state index contributed by atoms with van der Waals surface area (Å²) >= 11 is 0. The first-order valence-corrected chi connectivity index (χ1v) is 19.9. The van der Waals surface area contributed by atoms with Crippen LogP contribution in [0.1, 0.15) is 33.4 Å². The van der Waals surface area contributed by atoms with Crippen LogP contribution in [0.25, 0.3) is 89.2 Å². The topological polar surface area (TPSA) is 48.5 Å². The van der Waals surface area contributed by atoms with Crippen molar-refractivity contribution in [3.63, 3.8) is 0 Å². The number of alkyl halides is 6. The van der Waals surface area contributed by atoms with Crippen molar-refractivity contribution in [2.24, 2.45) is 0 Å². The SMILES string of the molecule is Cc1ccc2c3ccc(C)cc3n(-c3ccc(C(F)(F)F)cc3-c3nc(-c4ccccc4)nc(-c4cc(C(F)(F)F)ccc4-n4c5cc(C)ccc5c5ccc(C)cc54)n3)c2c1. The number of aryl methyl sites for hydroxylation is 4. The van der Waals surface area contributed by atoms with Gasteiger partial charge in [0.2, 0.25) is 0 Å². The minimum absolute atomic E-state index is 0.0131. The van der Waals surface area contributed by atoms with Crippen LogP contribution in [0.3, 0.4) is 0 Å². The van der Waals surface area contributed by atoms with E-state index in [-0.39, 0.29) is 28.6 Å². The van der Waals surface area contributed by atoms with Gasteiger partial charge in [0.15, 0.2) is 17.5 Å². The Morgan fingerprint density at radius 1 is 0.371 bits per heavy atom. The predicted octanol–water partition coefficient (Wildman–Crippen LogP) is 14.3. The fourth-order valence-corrected chi connectivity index (χ4v) is 8.50. The van der Waals surface area contributed by atoms with E-state index >= 15 is 0 Å². The minimum atomic E-state index is -4.75. The Bertz CT molecular complexity index is 3110. The molecular formula is C51H35F6N5. The van der Waals surface area contributed by atoms with Crippen molar-refractivity contribution in [3.8, 4) is 45.5 Å². The Balaban J connectivity index is 1.33. The lowest BCUT2D eigenvalue weighted by Crippen LogP contribution is -2.10. The average Bonchev–Trinajstić information content (AvgIpc) is 3.72. The monoisotopic (exact) mass is 831 g/mol. The number of hydrogen-bond donors (Lipinski definition) is 0. The van der Waals surface area contributed by atoms with Crippen LogP contribution in [0, 0.1) is 27.7 Å². The third-order valence-corrected chi connectivity index (χ3v) is 11.4. The van der Waals surface area contributed by atoms with Crippen molar-refractivity contribution in [3.05, 3.63) is 173 Å². The van der Waals surface area contributed by atoms with Crippen LogP contribution in [0.5, 0.6) is 0 Å². The first kappa shape index (κ1) is 38.9. The Labute approximate surface area is 351 Å². The largest absolute Gasteiger partial charge is 0.416 e. The summed E-state index contributed by atoms with van der Waals surface area (Å²) in [6, 6.07) is 39.5. The lowest BCUT2D eigenvalue weighted by Gasteiger charge is -2.19. The molecule has 0 unspecified atom stereocenters. The second-order valence-corrected chi connectivity index (χ2v) is 15.9. The summed E-state index contributed by atoms with van der Waals surface area (Å²) < 4.78 is 92.4. The van der Waals surface area contributed by atoms with Crippen LogP contribution < -0.4 is 0 Å². The Morgan fingerprint density at radius 2 is 0.710 bits per heavy atom. The molecule has 62 heavy (non-hydrogen) atoms. The zero-order valence-electron chi connectivity index (χ0n) is 33.8. The normalized spacial score (nSPS) is 12.4. The molecule has 3 heterocycles. The fourth-order valence-electron chi connectivity index (χ4n) is 8.50. The Morgan fingerprint density at radius 3 is 1.05 bits per heavy atom. The maximum absolute atomic E-state index is 14.8. The maximum atomic E-state index is 14.8. The summed E-state index contributed by atoms with van der Waals surface area (Å²) in [4.78, 5) is 14.6. The molecule has 0 atom stereocenters. The van der Waals surface area contributed by atoms with E-state index in [0.29, 0.717) is 16.9 Å². The summed E-state index contributed by atoms with van der Waals surface area (Å²) in [5.74, 6) is -0.231. The quantitative estimate of drug-likeness (QED) is 0.162. The molecule has 0 saturated heterocycles. The number of benzene rings is 7. The first-order valence-electron chi connectivity index (χ1n) is 19.9. The zero-order valence-corrected chi connectivity index (χ0v) is 33.8. The van der Waals surface area contributed by atoms with Crippen LogP contribution in [-0.4, -0.2) is 24.1 Å². The van der Waals surface area contributed by atoms with Gasteiger partial charge in [-0.2, -0.15) is 26.3 Å². The Kier molecular flexibility index (Phi) is 8.88. The molecule has 10 rings (SSSR count). The lowest BCUT2D eigenvalue weighted by molar-refractivity contribution is -0.138. The standard InChI is InChI=1S/C51H35F6N5/c1-28-10-16-35-36-17-11-29(2)23-44(36)61(43(35)22-28)41-20-14-33(50(52,53)54)26-39(41)48-58-47(32-8-6-5-7-9-32)59-49(60-48)40-27-34(51(55,56)57)15-21-42(40)62-45-24-30(3)12-18-37(45)38-19-13-31(4)25-46(38)62/h5-27H,1-4H3. The molecule has 0 aliphatic heterocycles. The molecule has 3 aromatic heterocycles. The molecule has 0 radical (unpaired) electrons. The summed E-state index contributed by atoms with van der Waals surface area (Å²) in [5, 5.41) is 3.57. The number of fused-ring (bicyclic) bond motifs is 6. The third-order valence-electron chi connectivity index (χ3n) is 11.4. The van der Waals surface area contributed by atoms with Crippen LogP contribution in [0.4, 0.5) is 26.3 Å². The fraction of sp³-hybridized carbons (Fsp3) is 0.118. The van der Waals surface area contributed by atoms with Crippen molar-refractivity contribution < 1.29 is 26.3 Å². The molecule has 0 amide bonds. The average molecular weight is 832 g/mol. The number of halogens is 6. The molecule has 7 aromatic carbocycles. The zero-order chi connectivity index (χ0) is 43.2. The summed E-state index contributed by atoms with van der Waals surface area (Å²) in [6.07, 6.45) is -9.50. The number of hydrogen-bond acceptors (Lipinski definition) is 3. The van der Waals surface area contributed by atoms with E-state index in [0.717, 1.165) is 90.1 Å². The molecule has 0 N–H and O–H groups in total. The van der Waals surface area contributed by atoms with Crippen LogP contribution in [-0.2, 0) is 12.4 Å². The second-order valence-electron chi connectivity index (χ2n) is 15.9. The van der Waals surface area contributed by atoms with Crippen molar-refractivity contribution in [1.29, 1.82) is 0 Å². The van der Waals surface area contributed by atoms with E-state index in [9.17, 15) is 26.3 Å². The molecule has 5 nitrogen and oxygen atoms in total. The van der Waals surface area contributed by atoms with E-state index in [4.69, 9.17) is 15.0 Å². The van der Waals surface area contributed by atoms with Gasteiger partial charge in [0.1, 0.15) is 0 Å². The highest BCUT2D eigenvalue weighted by molar-refractivity contribution is 6.11. The molecule has 0 spiro atoms. The Hall–Kier alpha value is -7.27. The molecule has 0 aliphatic rings. The molecule has 0 saturated carbocycles. The highest BCUT2D eigenvalue weighted by atomic mass is 19.4.